The molecule has 2 aromatic carbocycles. The van der Waals surface area contributed by atoms with Gasteiger partial charge in [-0.05, 0) is 42.9 Å². The largest absolute Gasteiger partial charge is 0.378 e. The summed E-state index contributed by atoms with van der Waals surface area (Å²) >= 11 is 5.23. The third-order valence-corrected chi connectivity index (χ3v) is 5.07. The number of rotatable bonds is 7. The Bertz CT molecular complexity index is 961. The average molecular weight is 409 g/mol. The second kappa shape index (κ2) is 8.78. The summed E-state index contributed by atoms with van der Waals surface area (Å²) in [6.45, 7) is 2.74. The van der Waals surface area contributed by atoms with E-state index in [0.29, 0.717) is 18.2 Å². The van der Waals surface area contributed by atoms with Crippen LogP contribution in [0.1, 0.15) is 5.56 Å². The molecular formula is C17H20N4O4S2. The normalized spacial score (nSPS) is 10.9. The number of anilines is 2. The first-order chi connectivity index (χ1) is 12.7. The monoisotopic (exact) mass is 408 g/mol. The van der Waals surface area contributed by atoms with E-state index in [2.05, 4.69) is 16.0 Å². The van der Waals surface area contributed by atoms with Crippen molar-refractivity contribution in [3.8, 4) is 0 Å². The highest BCUT2D eigenvalue weighted by Crippen LogP contribution is 2.27. The van der Waals surface area contributed by atoms with Gasteiger partial charge in [-0.25, -0.2) is 8.42 Å². The molecule has 0 aliphatic carbocycles. The van der Waals surface area contributed by atoms with E-state index in [4.69, 9.17) is 12.2 Å². The predicted octanol–water partition coefficient (Wildman–Crippen LogP) is 2.71. The molecule has 0 saturated heterocycles. The Morgan fingerprint density at radius 1 is 1.15 bits per heavy atom. The van der Waals surface area contributed by atoms with Crippen molar-refractivity contribution in [2.24, 2.45) is 0 Å². The Balaban J connectivity index is 1.92. The number of thiocarbonyl (C=S) groups is 1. The van der Waals surface area contributed by atoms with Gasteiger partial charge in [0.25, 0.3) is 5.69 Å². The van der Waals surface area contributed by atoms with Gasteiger partial charge >= 0.3 is 0 Å². The summed E-state index contributed by atoms with van der Waals surface area (Å²) in [7, 11) is -3.52. The molecule has 2 rings (SSSR count). The van der Waals surface area contributed by atoms with Crippen LogP contribution in [0.25, 0.3) is 0 Å². The minimum Gasteiger partial charge on any atom is -0.378 e. The summed E-state index contributed by atoms with van der Waals surface area (Å²) in [6.07, 6.45) is 1.01. The molecule has 0 saturated carbocycles. The fourth-order valence-electron chi connectivity index (χ4n) is 2.30. The van der Waals surface area contributed by atoms with Gasteiger partial charge in [-0.15, -0.1) is 0 Å². The Morgan fingerprint density at radius 2 is 1.85 bits per heavy atom. The van der Waals surface area contributed by atoms with E-state index >= 15 is 0 Å². The van der Waals surface area contributed by atoms with Gasteiger partial charge in [0.1, 0.15) is 5.69 Å². The summed E-state index contributed by atoms with van der Waals surface area (Å²) < 4.78 is 23.1. The Kier molecular flexibility index (Phi) is 6.70. The van der Waals surface area contributed by atoms with Crippen molar-refractivity contribution in [1.82, 2.24) is 5.32 Å². The van der Waals surface area contributed by atoms with Gasteiger partial charge < -0.3 is 16.0 Å². The molecule has 0 spiro atoms. The van der Waals surface area contributed by atoms with Crippen LogP contribution < -0.4 is 16.0 Å². The fraction of sp³-hybridized carbons (Fsp3) is 0.235. The van der Waals surface area contributed by atoms with Crippen LogP contribution in [0.5, 0.6) is 0 Å². The molecular weight excluding hydrogens is 388 g/mol. The Hall–Kier alpha value is -2.72. The van der Waals surface area contributed by atoms with Crippen LogP contribution in [-0.2, 0) is 9.84 Å². The molecule has 27 heavy (non-hydrogen) atoms. The zero-order valence-corrected chi connectivity index (χ0v) is 16.5. The maximum absolute atomic E-state index is 11.6. The zero-order valence-electron chi connectivity index (χ0n) is 14.9. The van der Waals surface area contributed by atoms with Gasteiger partial charge in [-0.1, -0.05) is 18.2 Å². The molecule has 0 unspecified atom stereocenters. The maximum Gasteiger partial charge on any atom is 0.293 e. The number of nitro groups is 1. The first-order valence-corrected chi connectivity index (χ1v) is 10.3. The van der Waals surface area contributed by atoms with Crippen LogP contribution in [0, 0.1) is 17.0 Å². The van der Waals surface area contributed by atoms with E-state index in [1.54, 1.807) is 0 Å². The van der Waals surface area contributed by atoms with Crippen LogP contribution in [0.2, 0.25) is 0 Å². The van der Waals surface area contributed by atoms with E-state index in [9.17, 15) is 18.5 Å². The van der Waals surface area contributed by atoms with Gasteiger partial charge in [-0.3, -0.25) is 10.1 Å². The molecule has 0 aliphatic rings. The first kappa shape index (κ1) is 20.6. The molecule has 0 atom stereocenters. The van der Waals surface area contributed by atoms with Crippen LogP contribution in [-0.4, -0.2) is 37.8 Å². The van der Waals surface area contributed by atoms with Crippen LogP contribution >= 0.6 is 12.2 Å². The second-order valence-electron chi connectivity index (χ2n) is 5.83. The lowest BCUT2D eigenvalue weighted by Gasteiger charge is -2.13. The third-order valence-electron chi connectivity index (χ3n) is 3.71. The molecule has 0 aliphatic heterocycles. The number of aryl methyl sites for hydroxylation is 1. The highest BCUT2D eigenvalue weighted by molar-refractivity contribution is 7.90. The lowest BCUT2D eigenvalue weighted by Crippen LogP contribution is -2.32. The smallest absolute Gasteiger partial charge is 0.293 e. The molecule has 0 radical (unpaired) electrons. The van der Waals surface area contributed by atoms with Crippen LogP contribution in [0.3, 0.4) is 0 Å². The molecule has 0 aromatic heterocycles. The summed E-state index contributed by atoms with van der Waals surface area (Å²) in [5.74, 6) is 0. The quantitative estimate of drug-likeness (QED) is 0.277. The first-order valence-electron chi connectivity index (χ1n) is 8.01. The third kappa shape index (κ3) is 5.90. The fourth-order valence-corrected chi connectivity index (χ4v) is 3.15. The standard InChI is InChI=1S/C17H20N4O4S2/c1-12-5-3-4-6-14(12)20-17(26)19-10-9-18-15-8-7-13(27(2,24)25)11-16(15)21(22)23/h3-8,11,18H,9-10H2,1-2H3,(H2,19,20,26). The number of benzene rings is 2. The van der Waals surface area contributed by atoms with Crippen molar-refractivity contribution in [1.29, 1.82) is 0 Å². The summed E-state index contributed by atoms with van der Waals surface area (Å²) in [5.41, 5.74) is 1.90. The molecule has 0 bridgehead atoms. The van der Waals surface area contributed by atoms with Gasteiger partial charge in [-0.2, -0.15) is 0 Å². The Morgan fingerprint density at radius 3 is 2.48 bits per heavy atom. The van der Waals surface area contributed by atoms with Crippen molar-refractivity contribution in [2.45, 2.75) is 11.8 Å². The zero-order chi connectivity index (χ0) is 20.0. The van der Waals surface area contributed by atoms with E-state index < -0.39 is 14.8 Å². The highest BCUT2D eigenvalue weighted by atomic mass is 32.2. The number of hydrogen-bond acceptors (Lipinski definition) is 6. The maximum atomic E-state index is 11.6. The number of para-hydroxylation sites is 1. The van der Waals surface area contributed by atoms with E-state index in [1.165, 1.54) is 12.1 Å². The number of nitro benzene ring substituents is 1. The molecule has 10 heteroatoms. The van der Waals surface area contributed by atoms with Crippen molar-refractivity contribution >= 4 is 44.2 Å². The summed E-state index contributed by atoms with van der Waals surface area (Å²) in [4.78, 5) is 10.5. The molecule has 0 fully saturated rings. The number of nitrogens with one attached hydrogen (secondary N) is 3. The Labute approximate surface area is 163 Å². The predicted molar refractivity (Wildman–Crippen MR) is 110 cm³/mol. The minimum absolute atomic E-state index is 0.0958. The molecule has 8 nitrogen and oxygen atoms in total. The van der Waals surface area contributed by atoms with Crippen LogP contribution in [0.4, 0.5) is 17.1 Å². The number of sulfone groups is 1. The minimum atomic E-state index is -3.52. The van der Waals surface area contributed by atoms with Crippen molar-refractivity contribution in [3.05, 3.63) is 58.1 Å². The van der Waals surface area contributed by atoms with Crippen molar-refractivity contribution in [3.63, 3.8) is 0 Å². The lowest BCUT2D eigenvalue weighted by atomic mass is 10.2. The molecule has 2 aromatic rings. The topological polar surface area (TPSA) is 113 Å². The van der Waals surface area contributed by atoms with E-state index in [-0.39, 0.29) is 16.3 Å². The van der Waals surface area contributed by atoms with Crippen molar-refractivity contribution in [2.75, 3.05) is 30.0 Å². The SMILES string of the molecule is Cc1ccccc1NC(=S)NCCNc1ccc(S(C)(=O)=O)cc1[N+](=O)[O-]. The van der Waals surface area contributed by atoms with Gasteiger partial charge in [0, 0.05) is 31.1 Å². The van der Waals surface area contributed by atoms with E-state index in [1.807, 2.05) is 31.2 Å². The average Bonchev–Trinajstić information content (AvgIpc) is 2.59. The molecule has 3 N–H and O–H groups in total. The molecule has 0 heterocycles. The molecule has 144 valence electrons. The van der Waals surface area contributed by atoms with E-state index in [0.717, 1.165) is 23.6 Å². The lowest BCUT2D eigenvalue weighted by molar-refractivity contribution is -0.384. The number of nitrogens with zero attached hydrogens (tertiary/aromatic N) is 1. The second-order valence-corrected chi connectivity index (χ2v) is 8.25. The molecule has 0 amide bonds. The van der Waals surface area contributed by atoms with Crippen LogP contribution in [0.15, 0.2) is 47.4 Å². The summed E-state index contributed by atoms with van der Waals surface area (Å²) in [6, 6.07) is 11.5. The summed E-state index contributed by atoms with van der Waals surface area (Å²) in [5, 5.41) is 20.6. The highest BCUT2D eigenvalue weighted by Gasteiger charge is 2.18. The van der Waals surface area contributed by atoms with Gasteiger partial charge in [0.05, 0.1) is 9.82 Å². The van der Waals surface area contributed by atoms with Gasteiger partial charge in [0.15, 0.2) is 14.9 Å². The van der Waals surface area contributed by atoms with Gasteiger partial charge in [0.2, 0.25) is 0 Å². The number of hydrogen-bond donors (Lipinski definition) is 3. The van der Waals surface area contributed by atoms with Crippen molar-refractivity contribution < 1.29 is 13.3 Å².